The summed E-state index contributed by atoms with van der Waals surface area (Å²) < 4.78 is 4.86. The number of rotatable bonds is 8. The van der Waals surface area contributed by atoms with E-state index in [0.29, 0.717) is 5.56 Å². The summed E-state index contributed by atoms with van der Waals surface area (Å²) in [4.78, 5) is 46.2. The van der Waals surface area contributed by atoms with Gasteiger partial charge in [-0.15, -0.1) is 0 Å². The van der Waals surface area contributed by atoms with E-state index in [-0.39, 0.29) is 35.6 Å². The van der Waals surface area contributed by atoms with Crippen molar-refractivity contribution in [3.05, 3.63) is 68.8 Å². The SMILES string of the molecule is Cc1ccc(C)c(C(=O)CCC(=O)OCC(=O)Nc2ccc([N+](=O)[O-])cc2C#N)c1. The van der Waals surface area contributed by atoms with E-state index in [1.165, 1.54) is 6.07 Å². The van der Waals surface area contributed by atoms with Crippen molar-refractivity contribution in [3.63, 3.8) is 0 Å². The fourth-order valence-electron chi connectivity index (χ4n) is 2.64. The number of Topliss-reactive ketones (excluding diaryl/α,β-unsaturated/α-hetero) is 1. The molecular weight excluding hydrogens is 390 g/mol. The van der Waals surface area contributed by atoms with Crippen LogP contribution in [0.1, 0.15) is 39.9 Å². The second kappa shape index (κ2) is 9.93. The standard InChI is InChI=1S/C21H19N3O6/c1-13-3-4-14(2)17(9-13)19(25)7-8-21(27)30-12-20(26)23-18-6-5-16(24(28)29)10-15(18)11-22/h3-6,9-10H,7-8,12H2,1-2H3,(H,23,26). The molecule has 0 atom stereocenters. The third kappa shape index (κ3) is 5.97. The first-order valence-corrected chi connectivity index (χ1v) is 8.95. The Morgan fingerprint density at radius 1 is 1.13 bits per heavy atom. The van der Waals surface area contributed by atoms with Gasteiger partial charge in [0.2, 0.25) is 0 Å². The molecule has 154 valence electrons. The minimum absolute atomic E-state index is 0.0499. The van der Waals surface area contributed by atoms with Gasteiger partial charge in [0.05, 0.1) is 22.6 Å². The molecule has 1 amide bonds. The number of nitro benzene ring substituents is 1. The molecule has 0 aliphatic heterocycles. The van der Waals surface area contributed by atoms with Gasteiger partial charge in [-0.2, -0.15) is 5.26 Å². The number of carbonyl (C=O) groups excluding carboxylic acids is 3. The molecule has 30 heavy (non-hydrogen) atoms. The molecule has 0 aliphatic rings. The summed E-state index contributed by atoms with van der Waals surface area (Å²) in [5.41, 5.74) is 1.98. The second-order valence-electron chi connectivity index (χ2n) is 6.55. The van der Waals surface area contributed by atoms with Gasteiger partial charge in [-0.25, -0.2) is 0 Å². The maximum Gasteiger partial charge on any atom is 0.306 e. The fraction of sp³-hybridized carbons (Fsp3) is 0.238. The minimum Gasteiger partial charge on any atom is -0.456 e. The number of nitrogens with one attached hydrogen (secondary N) is 1. The van der Waals surface area contributed by atoms with Gasteiger partial charge >= 0.3 is 5.97 Å². The number of amides is 1. The molecule has 0 fully saturated rings. The van der Waals surface area contributed by atoms with Crippen LogP contribution in [-0.2, 0) is 14.3 Å². The number of benzene rings is 2. The monoisotopic (exact) mass is 409 g/mol. The lowest BCUT2D eigenvalue weighted by Gasteiger charge is -2.08. The molecule has 0 spiro atoms. The minimum atomic E-state index is -0.715. The lowest BCUT2D eigenvalue weighted by atomic mass is 9.99. The Balaban J connectivity index is 1.86. The number of carbonyl (C=O) groups is 3. The number of hydrogen-bond acceptors (Lipinski definition) is 7. The maximum absolute atomic E-state index is 12.3. The van der Waals surface area contributed by atoms with Gasteiger partial charge in [-0.3, -0.25) is 24.5 Å². The van der Waals surface area contributed by atoms with Crippen LogP contribution >= 0.6 is 0 Å². The number of non-ortho nitro benzene ring substituents is 1. The van der Waals surface area contributed by atoms with E-state index >= 15 is 0 Å². The van der Waals surface area contributed by atoms with E-state index in [1.54, 1.807) is 12.1 Å². The zero-order chi connectivity index (χ0) is 22.3. The zero-order valence-corrected chi connectivity index (χ0v) is 16.4. The van der Waals surface area contributed by atoms with E-state index in [1.807, 2.05) is 26.0 Å². The van der Waals surface area contributed by atoms with Crippen molar-refractivity contribution in [2.24, 2.45) is 0 Å². The number of nitriles is 1. The highest BCUT2D eigenvalue weighted by Gasteiger charge is 2.16. The number of ketones is 1. The lowest BCUT2D eigenvalue weighted by molar-refractivity contribution is -0.384. The van der Waals surface area contributed by atoms with E-state index in [0.717, 1.165) is 23.3 Å². The first-order valence-electron chi connectivity index (χ1n) is 8.95. The van der Waals surface area contributed by atoms with Crippen LogP contribution in [0.2, 0.25) is 0 Å². The Kier molecular flexibility index (Phi) is 7.36. The molecule has 0 heterocycles. The average Bonchev–Trinajstić information content (AvgIpc) is 2.72. The molecule has 2 rings (SSSR count). The van der Waals surface area contributed by atoms with Crippen LogP contribution in [0.25, 0.3) is 0 Å². The molecule has 2 aromatic carbocycles. The summed E-state index contributed by atoms with van der Waals surface area (Å²) >= 11 is 0. The van der Waals surface area contributed by atoms with Crippen LogP contribution in [0.5, 0.6) is 0 Å². The van der Waals surface area contributed by atoms with Crippen molar-refractivity contribution in [2.45, 2.75) is 26.7 Å². The van der Waals surface area contributed by atoms with Gasteiger partial charge in [0.15, 0.2) is 12.4 Å². The molecule has 0 aromatic heterocycles. The summed E-state index contributed by atoms with van der Waals surface area (Å²) in [5.74, 6) is -1.62. The number of ether oxygens (including phenoxy) is 1. The normalized spacial score (nSPS) is 10.0. The van der Waals surface area contributed by atoms with Crippen LogP contribution in [0.15, 0.2) is 36.4 Å². The van der Waals surface area contributed by atoms with Crippen molar-refractivity contribution in [2.75, 3.05) is 11.9 Å². The third-order valence-corrected chi connectivity index (χ3v) is 4.22. The molecule has 1 N–H and O–H groups in total. The first kappa shape index (κ1) is 22.2. The van der Waals surface area contributed by atoms with E-state index < -0.39 is 23.4 Å². The van der Waals surface area contributed by atoms with E-state index in [2.05, 4.69) is 5.32 Å². The van der Waals surface area contributed by atoms with Crippen molar-refractivity contribution in [3.8, 4) is 6.07 Å². The Hall–Kier alpha value is -4.06. The predicted molar refractivity (Wildman–Crippen MR) is 107 cm³/mol. The van der Waals surface area contributed by atoms with Gasteiger partial charge in [-0.1, -0.05) is 17.7 Å². The van der Waals surface area contributed by atoms with Crippen molar-refractivity contribution >= 4 is 29.0 Å². The van der Waals surface area contributed by atoms with Gasteiger partial charge in [0.1, 0.15) is 6.07 Å². The fourth-order valence-corrected chi connectivity index (χ4v) is 2.64. The smallest absolute Gasteiger partial charge is 0.306 e. The molecule has 9 nitrogen and oxygen atoms in total. The lowest BCUT2D eigenvalue weighted by Crippen LogP contribution is -2.21. The van der Waals surface area contributed by atoms with E-state index in [9.17, 15) is 24.5 Å². The molecule has 0 saturated carbocycles. The third-order valence-electron chi connectivity index (χ3n) is 4.22. The Morgan fingerprint density at radius 2 is 1.87 bits per heavy atom. The van der Waals surface area contributed by atoms with Crippen LogP contribution in [0.3, 0.4) is 0 Å². The van der Waals surface area contributed by atoms with E-state index in [4.69, 9.17) is 10.00 Å². The Bertz CT molecular complexity index is 1060. The Labute approximate surface area is 172 Å². The average molecular weight is 409 g/mol. The van der Waals surface area contributed by atoms with Crippen molar-refractivity contribution in [1.82, 2.24) is 0 Å². The molecule has 0 saturated heterocycles. The first-order chi connectivity index (χ1) is 14.2. The number of nitro groups is 1. The van der Waals surface area contributed by atoms with Crippen LogP contribution in [0, 0.1) is 35.3 Å². The number of anilines is 1. The highest BCUT2D eigenvalue weighted by atomic mass is 16.6. The molecular formula is C21H19N3O6. The summed E-state index contributed by atoms with van der Waals surface area (Å²) in [6.07, 6.45) is -0.230. The van der Waals surface area contributed by atoms with Crippen LogP contribution in [-0.4, -0.2) is 29.2 Å². The maximum atomic E-state index is 12.3. The highest BCUT2D eigenvalue weighted by molar-refractivity contribution is 5.99. The Morgan fingerprint density at radius 3 is 2.53 bits per heavy atom. The molecule has 0 aliphatic carbocycles. The molecule has 9 heteroatoms. The van der Waals surface area contributed by atoms with Crippen molar-refractivity contribution in [1.29, 1.82) is 5.26 Å². The van der Waals surface area contributed by atoms with Crippen LogP contribution < -0.4 is 5.32 Å². The number of aryl methyl sites for hydroxylation is 2. The number of nitrogens with zero attached hydrogens (tertiary/aromatic N) is 2. The largest absolute Gasteiger partial charge is 0.456 e. The van der Waals surface area contributed by atoms with Crippen LogP contribution in [0.4, 0.5) is 11.4 Å². The van der Waals surface area contributed by atoms with Gasteiger partial charge < -0.3 is 10.1 Å². The summed E-state index contributed by atoms with van der Waals surface area (Å²) in [6.45, 7) is 3.06. The topological polar surface area (TPSA) is 139 Å². The van der Waals surface area contributed by atoms with Gasteiger partial charge in [0, 0.05) is 24.1 Å². The summed E-state index contributed by atoms with van der Waals surface area (Å²) in [6, 6.07) is 10.6. The molecule has 2 aromatic rings. The van der Waals surface area contributed by atoms with Gasteiger partial charge in [-0.05, 0) is 31.5 Å². The number of esters is 1. The summed E-state index contributed by atoms with van der Waals surface area (Å²) in [7, 11) is 0. The number of hydrogen-bond donors (Lipinski definition) is 1. The molecule has 0 unspecified atom stereocenters. The quantitative estimate of drug-likeness (QED) is 0.305. The highest BCUT2D eigenvalue weighted by Crippen LogP contribution is 2.21. The van der Waals surface area contributed by atoms with Gasteiger partial charge in [0.25, 0.3) is 11.6 Å². The summed E-state index contributed by atoms with van der Waals surface area (Å²) in [5, 5.41) is 22.2. The second-order valence-corrected chi connectivity index (χ2v) is 6.55. The molecule has 0 radical (unpaired) electrons. The predicted octanol–water partition coefficient (Wildman–Crippen LogP) is 3.23. The molecule has 0 bridgehead atoms. The zero-order valence-electron chi connectivity index (χ0n) is 16.4. The van der Waals surface area contributed by atoms with Crippen molar-refractivity contribution < 1.29 is 24.0 Å².